The van der Waals surface area contributed by atoms with E-state index in [2.05, 4.69) is 22.6 Å². The van der Waals surface area contributed by atoms with Crippen molar-refractivity contribution in [1.29, 1.82) is 5.26 Å². The zero-order chi connectivity index (χ0) is 19.2. The normalized spacial score (nSPS) is 10.0. The first-order valence-electron chi connectivity index (χ1n) is 8.08. The van der Waals surface area contributed by atoms with Gasteiger partial charge in [-0.25, -0.2) is 14.8 Å². The van der Waals surface area contributed by atoms with Crippen LogP contribution in [0.4, 0.5) is 0 Å². The summed E-state index contributed by atoms with van der Waals surface area (Å²) in [6, 6.07) is 15.9. The lowest BCUT2D eigenvalue weighted by Gasteiger charge is -2.10. The molecule has 0 radical (unpaired) electrons. The molecule has 0 amide bonds. The molecule has 0 aliphatic carbocycles. The van der Waals surface area contributed by atoms with Crippen molar-refractivity contribution < 1.29 is 14.6 Å². The third-order valence-electron chi connectivity index (χ3n) is 3.80. The first kappa shape index (κ1) is 17.8. The standard InChI is InChI=1S/C21H15N3O3/c1-2-11-27-16-9-7-14(8-10-16)20-23-13-18(21(25)26)19(24-20)17-6-4-3-5-15(17)12-22/h2-10,13H,1,11H2,(H,25,26). The molecule has 0 bridgehead atoms. The molecule has 0 unspecified atom stereocenters. The largest absolute Gasteiger partial charge is 0.490 e. The number of ether oxygens (including phenoxy) is 1. The number of hydrogen-bond donors (Lipinski definition) is 1. The summed E-state index contributed by atoms with van der Waals surface area (Å²) in [6.07, 6.45) is 2.91. The number of nitrogens with zero attached hydrogens (tertiary/aromatic N) is 3. The Morgan fingerprint density at radius 3 is 2.63 bits per heavy atom. The van der Waals surface area contributed by atoms with Gasteiger partial charge in [-0.3, -0.25) is 0 Å². The summed E-state index contributed by atoms with van der Waals surface area (Å²) < 4.78 is 5.45. The van der Waals surface area contributed by atoms with E-state index in [0.29, 0.717) is 34.9 Å². The van der Waals surface area contributed by atoms with E-state index < -0.39 is 5.97 Å². The molecule has 2 aromatic carbocycles. The Morgan fingerprint density at radius 2 is 1.96 bits per heavy atom. The van der Waals surface area contributed by atoms with E-state index >= 15 is 0 Å². The van der Waals surface area contributed by atoms with Crippen molar-refractivity contribution in [3.8, 4) is 34.5 Å². The summed E-state index contributed by atoms with van der Waals surface area (Å²) in [5.74, 6) is -0.119. The second-order valence-corrected chi connectivity index (χ2v) is 5.54. The van der Waals surface area contributed by atoms with Crippen molar-refractivity contribution >= 4 is 5.97 Å². The summed E-state index contributed by atoms with van der Waals surface area (Å²) in [4.78, 5) is 20.2. The number of hydrogen-bond acceptors (Lipinski definition) is 5. The Morgan fingerprint density at radius 1 is 1.22 bits per heavy atom. The van der Waals surface area contributed by atoms with Crippen molar-refractivity contribution in [1.82, 2.24) is 9.97 Å². The van der Waals surface area contributed by atoms with Crippen LogP contribution in [-0.2, 0) is 0 Å². The fraction of sp³-hybridized carbons (Fsp3) is 0.0476. The Kier molecular flexibility index (Phi) is 5.24. The molecule has 0 atom stereocenters. The summed E-state index contributed by atoms with van der Waals surface area (Å²) in [5.41, 5.74) is 1.64. The first-order valence-corrected chi connectivity index (χ1v) is 8.08. The highest BCUT2D eigenvalue weighted by Gasteiger charge is 2.18. The molecule has 0 aliphatic heterocycles. The van der Waals surface area contributed by atoms with E-state index in [-0.39, 0.29) is 11.3 Å². The van der Waals surface area contributed by atoms with E-state index in [1.807, 2.05) is 0 Å². The van der Waals surface area contributed by atoms with E-state index in [1.165, 1.54) is 6.20 Å². The fourth-order valence-electron chi connectivity index (χ4n) is 2.53. The highest BCUT2D eigenvalue weighted by atomic mass is 16.5. The predicted molar refractivity (Wildman–Crippen MR) is 100 cm³/mol. The molecule has 0 saturated heterocycles. The quantitative estimate of drug-likeness (QED) is 0.671. The maximum absolute atomic E-state index is 11.6. The minimum absolute atomic E-state index is 0.0626. The van der Waals surface area contributed by atoms with Crippen LogP contribution < -0.4 is 4.74 Å². The lowest BCUT2D eigenvalue weighted by atomic mass is 10.0. The predicted octanol–water partition coefficient (Wildman–Crippen LogP) is 3.95. The van der Waals surface area contributed by atoms with Gasteiger partial charge in [0, 0.05) is 17.3 Å². The van der Waals surface area contributed by atoms with Gasteiger partial charge in [0.1, 0.15) is 17.9 Å². The monoisotopic (exact) mass is 357 g/mol. The summed E-state index contributed by atoms with van der Waals surface area (Å²) >= 11 is 0. The minimum atomic E-state index is -1.16. The van der Waals surface area contributed by atoms with E-state index in [1.54, 1.807) is 54.6 Å². The molecule has 3 aromatic rings. The number of aromatic carboxylic acids is 1. The topological polar surface area (TPSA) is 96.1 Å². The maximum atomic E-state index is 11.6. The zero-order valence-electron chi connectivity index (χ0n) is 14.3. The second-order valence-electron chi connectivity index (χ2n) is 5.54. The molecule has 0 aliphatic rings. The molecule has 0 saturated carbocycles. The van der Waals surface area contributed by atoms with Crippen molar-refractivity contribution in [2.75, 3.05) is 6.61 Å². The van der Waals surface area contributed by atoms with Crippen LogP contribution in [0.2, 0.25) is 0 Å². The van der Waals surface area contributed by atoms with Crippen LogP contribution in [-0.4, -0.2) is 27.7 Å². The average molecular weight is 357 g/mol. The summed E-state index contributed by atoms with van der Waals surface area (Å²) in [7, 11) is 0. The maximum Gasteiger partial charge on any atom is 0.339 e. The summed E-state index contributed by atoms with van der Waals surface area (Å²) in [6.45, 7) is 4.00. The van der Waals surface area contributed by atoms with Gasteiger partial charge in [0.2, 0.25) is 0 Å². The Balaban J connectivity index is 2.08. The molecular weight excluding hydrogens is 342 g/mol. The summed E-state index contributed by atoms with van der Waals surface area (Å²) in [5, 5.41) is 18.8. The number of benzene rings is 2. The van der Waals surface area contributed by atoms with Crippen molar-refractivity contribution in [3.05, 3.63) is 78.5 Å². The van der Waals surface area contributed by atoms with Gasteiger partial charge in [-0.05, 0) is 30.3 Å². The third-order valence-corrected chi connectivity index (χ3v) is 3.80. The van der Waals surface area contributed by atoms with Crippen LogP contribution in [0.3, 0.4) is 0 Å². The zero-order valence-corrected chi connectivity index (χ0v) is 14.3. The lowest BCUT2D eigenvalue weighted by Crippen LogP contribution is -2.05. The number of carbonyl (C=O) groups is 1. The van der Waals surface area contributed by atoms with Gasteiger partial charge in [0.05, 0.1) is 17.3 Å². The van der Waals surface area contributed by atoms with Crippen LogP contribution in [0.15, 0.2) is 67.4 Å². The van der Waals surface area contributed by atoms with Crippen LogP contribution in [0.25, 0.3) is 22.6 Å². The molecule has 132 valence electrons. The number of nitriles is 1. The number of carboxylic acid groups (broad SMARTS) is 1. The van der Waals surface area contributed by atoms with E-state index in [0.717, 1.165) is 0 Å². The molecule has 27 heavy (non-hydrogen) atoms. The second kappa shape index (κ2) is 7.93. The number of aromatic nitrogens is 2. The van der Waals surface area contributed by atoms with Crippen LogP contribution in [0.1, 0.15) is 15.9 Å². The van der Waals surface area contributed by atoms with Crippen LogP contribution >= 0.6 is 0 Å². The average Bonchev–Trinajstić information content (AvgIpc) is 2.72. The Hall–Kier alpha value is -3.98. The van der Waals surface area contributed by atoms with Gasteiger partial charge < -0.3 is 9.84 Å². The van der Waals surface area contributed by atoms with Gasteiger partial charge >= 0.3 is 5.97 Å². The van der Waals surface area contributed by atoms with Crippen LogP contribution in [0.5, 0.6) is 5.75 Å². The number of rotatable bonds is 6. The highest BCUT2D eigenvalue weighted by Crippen LogP contribution is 2.28. The smallest absolute Gasteiger partial charge is 0.339 e. The van der Waals surface area contributed by atoms with Crippen molar-refractivity contribution in [3.63, 3.8) is 0 Å². The van der Waals surface area contributed by atoms with E-state index in [9.17, 15) is 15.2 Å². The van der Waals surface area contributed by atoms with Crippen LogP contribution in [0, 0.1) is 11.3 Å². The first-order chi connectivity index (χ1) is 13.1. The van der Waals surface area contributed by atoms with Gasteiger partial charge in [0.15, 0.2) is 5.82 Å². The SMILES string of the molecule is C=CCOc1ccc(-c2ncc(C(=O)O)c(-c3ccccc3C#N)n2)cc1. The fourth-order valence-corrected chi connectivity index (χ4v) is 2.53. The molecule has 6 heteroatoms. The molecule has 0 fully saturated rings. The molecule has 1 aromatic heterocycles. The molecule has 1 N–H and O–H groups in total. The van der Waals surface area contributed by atoms with Gasteiger partial charge in [-0.2, -0.15) is 5.26 Å². The van der Waals surface area contributed by atoms with Crippen molar-refractivity contribution in [2.24, 2.45) is 0 Å². The van der Waals surface area contributed by atoms with Crippen molar-refractivity contribution in [2.45, 2.75) is 0 Å². The van der Waals surface area contributed by atoms with Gasteiger partial charge in [0.25, 0.3) is 0 Å². The molecule has 6 nitrogen and oxygen atoms in total. The lowest BCUT2D eigenvalue weighted by molar-refractivity contribution is 0.0697. The van der Waals surface area contributed by atoms with Gasteiger partial charge in [-0.1, -0.05) is 30.9 Å². The highest BCUT2D eigenvalue weighted by molar-refractivity contribution is 5.95. The third kappa shape index (κ3) is 3.83. The molecule has 3 rings (SSSR count). The molecule has 0 spiro atoms. The Bertz CT molecular complexity index is 1040. The molecular formula is C21H15N3O3. The van der Waals surface area contributed by atoms with Gasteiger partial charge in [-0.15, -0.1) is 0 Å². The Labute approximate surface area is 156 Å². The molecule has 1 heterocycles. The number of carboxylic acids is 1. The minimum Gasteiger partial charge on any atom is -0.490 e. The van der Waals surface area contributed by atoms with E-state index in [4.69, 9.17) is 4.74 Å².